The van der Waals surface area contributed by atoms with Gasteiger partial charge in [0.15, 0.2) is 0 Å². The van der Waals surface area contributed by atoms with Crippen LogP contribution in [0.5, 0.6) is 5.75 Å². The number of phenols is 1. The molecular formula is C14H20N2O2. The third-order valence-corrected chi connectivity index (χ3v) is 3.53. The van der Waals surface area contributed by atoms with Gasteiger partial charge < -0.3 is 16.2 Å². The van der Waals surface area contributed by atoms with Crippen molar-refractivity contribution in [1.29, 1.82) is 0 Å². The lowest BCUT2D eigenvalue weighted by molar-refractivity contribution is -0.126. The van der Waals surface area contributed by atoms with Crippen LogP contribution in [-0.2, 0) is 11.3 Å². The Morgan fingerprint density at radius 3 is 2.89 bits per heavy atom. The van der Waals surface area contributed by atoms with E-state index in [1.165, 1.54) is 0 Å². The molecule has 1 saturated carbocycles. The highest BCUT2D eigenvalue weighted by molar-refractivity contribution is 5.78. The van der Waals surface area contributed by atoms with E-state index in [0.29, 0.717) is 6.54 Å². The summed E-state index contributed by atoms with van der Waals surface area (Å²) in [5.74, 6) is 0.297. The molecule has 0 saturated heterocycles. The number of nitrogens with two attached hydrogens (primary N) is 1. The van der Waals surface area contributed by atoms with Crippen LogP contribution < -0.4 is 11.1 Å². The topological polar surface area (TPSA) is 75.4 Å². The Labute approximate surface area is 107 Å². The highest BCUT2D eigenvalue weighted by Gasteiger charge is 2.25. The summed E-state index contributed by atoms with van der Waals surface area (Å²) in [6.07, 6.45) is 3.73. The van der Waals surface area contributed by atoms with E-state index >= 15 is 0 Å². The van der Waals surface area contributed by atoms with Crippen LogP contribution in [-0.4, -0.2) is 17.1 Å². The average Bonchev–Trinajstić information content (AvgIpc) is 2.37. The Balaban J connectivity index is 1.86. The molecule has 2 unspecified atom stereocenters. The zero-order valence-electron chi connectivity index (χ0n) is 10.4. The van der Waals surface area contributed by atoms with Crippen molar-refractivity contribution in [2.45, 2.75) is 38.3 Å². The van der Waals surface area contributed by atoms with Gasteiger partial charge in [0, 0.05) is 24.1 Å². The summed E-state index contributed by atoms with van der Waals surface area (Å²) >= 11 is 0. The summed E-state index contributed by atoms with van der Waals surface area (Å²) in [6.45, 7) is 0.372. The summed E-state index contributed by atoms with van der Waals surface area (Å²) in [5, 5.41) is 12.5. The number of rotatable bonds is 3. The van der Waals surface area contributed by atoms with E-state index in [1.54, 1.807) is 12.1 Å². The van der Waals surface area contributed by atoms with E-state index in [1.807, 2.05) is 12.1 Å². The first-order chi connectivity index (χ1) is 8.66. The van der Waals surface area contributed by atoms with Gasteiger partial charge in [0.1, 0.15) is 5.75 Å². The molecule has 98 valence electrons. The highest BCUT2D eigenvalue weighted by Crippen LogP contribution is 2.23. The molecule has 0 spiro atoms. The Morgan fingerprint density at radius 2 is 2.17 bits per heavy atom. The third-order valence-electron chi connectivity index (χ3n) is 3.53. The number of hydrogen-bond acceptors (Lipinski definition) is 3. The first kappa shape index (κ1) is 12.9. The maximum Gasteiger partial charge on any atom is 0.223 e. The zero-order valence-corrected chi connectivity index (χ0v) is 10.4. The molecular weight excluding hydrogens is 228 g/mol. The molecule has 4 heteroatoms. The maximum atomic E-state index is 12.0. The molecule has 0 bridgehead atoms. The molecule has 2 atom stereocenters. The standard InChI is InChI=1S/C14H20N2O2/c15-12-6-3-5-10(8-12)14(18)16-9-11-4-1-2-7-13(11)17/h1-2,4,7,10,12,17H,3,5-6,8-9,15H2,(H,16,18). The summed E-state index contributed by atoms with van der Waals surface area (Å²) in [6, 6.07) is 7.19. The summed E-state index contributed by atoms with van der Waals surface area (Å²) in [7, 11) is 0. The number of carbonyl (C=O) groups is 1. The van der Waals surface area contributed by atoms with Gasteiger partial charge in [-0.15, -0.1) is 0 Å². The normalized spacial score (nSPS) is 23.6. The minimum atomic E-state index is 0.0274. The number of para-hydroxylation sites is 1. The average molecular weight is 248 g/mol. The molecule has 1 aromatic rings. The number of aromatic hydroxyl groups is 1. The van der Waals surface area contributed by atoms with Crippen LogP contribution >= 0.6 is 0 Å². The van der Waals surface area contributed by atoms with Crippen molar-refractivity contribution in [3.63, 3.8) is 0 Å². The Hall–Kier alpha value is -1.55. The fourth-order valence-corrected chi connectivity index (χ4v) is 2.45. The van der Waals surface area contributed by atoms with Gasteiger partial charge in [-0.3, -0.25) is 4.79 Å². The third kappa shape index (κ3) is 3.23. The molecule has 0 heterocycles. The predicted molar refractivity (Wildman–Crippen MR) is 69.9 cm³/mol. The van der Waals surface area contributed by atoms with Gasteiger partial charge in [-0.05, 0) is 25.3 Å². The van der Waals surface area contributed by atoms with Crippen molar-refractivity contribution in [3.8, 4) is 5.75 Å². The second-order valence-corrected chi connectivity index (χ2v) is 4.97. The lowest BCUT2D eigenvalue weighted by atomic mass is 9.85. The first-order valence-corrected chi connectivity index (χ1v) is 6.47. The SMILES string of the molecule is NC1CCCC(C(=O)NCc2ccccc2O)C1. The number of amides is 1. The number of carbonyl (C=O) groups excluding carboxylic acids is 1. The van der Waals surface area contributed by atoms with Crippen molar-refractivity contribution in [2.75, 3.05) is 0 Å². The van der Waals surface area contributed by atoms with Gasteiger partial charge in [0.25, 0.3) is 0 Å². The van der Waals surface area contributed by atoms with E-state index in [4.69, 9.17) is 5.73 Å². The van der Waals surface area contributed by atoms with E-state index in [2.05, 4.69) is 5.32 Å². The van der Waals surface area contributed by atoms with Crippen LogP contribution in [0.4, 0.5) is 0 Å². The van der Waals surface area contributed by atoms with E-state index in [0.717, 1.165) is 31.2 Å². The van der Waals surface area contributed by atoms with Gasteiger partial charge in [-0.1, -0.05) is 24.6 Å². The fraction of sp³-hybridized carbons (Fsp3) is 0.500. The second kappa shape index (κ2) is 5.87. The first-order valence-electron chi connectivity index (χ1n) is 6.47. The number of benzene rings is 1. The highest BCUT2D eigenvalue weighted by atomic mass is 16.3. The van der Waals surface area contributed by atoms with Crippen LogP contribution in [0.1, 0.15) is 31.2 Å². The van der Waals surface area contributed by atoms with E-state index in [9.17, 15) is 9.90 Å². The molecule has 1 aliphatic rings. The van der Waals surface area contributed by atoms with Crippen molar-refractivity contribution in [3.05, 3.63) is 29.8 Å². The number of hydrogen-bond donors (Lipinski definition) is 3. The van der Waals surface area contributed by atoms with Crippen molar-refractivity contribution in [2.24, 2.45) is 11.7 Å². The molecule has 18 heavy (non-hydrogen) atoms. The molecule has 4 N–H and O–H groups in total. The van der Waals surface area contributed by atoms with Crippen molar-refractivity contribution in [1.82, 2.24) is 5.32 Å². The van der Waals surface area contributed by atoms with E-state index in [-0.39, 0.29) is 23.6 Å². The monoisotopic (exact) mass is 248 g/mol. The second-order valence-electron chi connectivity index (χ2n) is 4.97. The Bertz CT molecular complexity index is 420. The van der Waals surface area contributed by atoms with E-state index < -0.39 is 0 Å². The minimum Gasteiger partial charge on any atom is -0.508 e. The van der Waals surface area contributed by atoms with Gasteiger partial charge >= 0.3 is 0 Å². The molecule has 2 rings (SSSR count). The molecule has 0 aliphatic heterocycles. The van der Waals surface area contributed by atoms with Gasteiger partial charge in [-0.25, -0.2) is 0 Å². The molecule has 1 aromatic carbocycles. The summed E-state index contributed by atoms with van der Waals surface area (Å²) in [5.41, 5.74) is 6.62. The summed E-state index contributed by atoms with van der Waals surface area (Å²) in [4.78, 5) is 12.0. The van der Waals surface area contributed by atoms with Crippen LogP contribution in [0.3, 0.4) is 0 Å². The zero-order chi connectivity index (χ0) is 13.0. The summed E-state index contributed by atoms with van der Waals surface area (Å²) < 4.78 is 0. The molecule has 1 fully saturated rings. The predicted octanol–water partition coefficient (Wildman–Crippen LogP) is 1.53. The molecule has 1 aliphatic carbocycles. The maximum absolute atomic E-state index is 12.0. The lowest BCUT2D eigenvalue weighted by Crippen LogP contribution is -2.37. The fourth-order valence-electron chi connectivity index (χ4n) is 2.45. The molecule has 4 nitrogen and oxygen atoms in total. The number of nitrogens with one attached hydrogen (secondary N) is 1. The molecule has 0 radical (unpaired) electrons. The van der Waals surface area contributed by atoms with Crippen LogP contribution in [0, 0.1) is 5.92 Å². The minimum absolute atomic E-state index is 0.0274. The smallest absolute Gasteiger partial charge is 0.223 e. The van der Waals surface area contributed by atoms with Crippen LogP contribution in [0.25, 0.3) is 0 Å². The Morgan fingerprint density at radius 1 is 1.39 bits per heavy atom. The quantitative estimate of drug-likeness (QED) is 0.759. The van der Waals surface area contributed by atoms with Crippen molar-refractivity contribution >= 4 is 5.91 Å². The number of phenolic OH excluding ortho intramolecular Hbond substituents is 1. The largest absolute Gasteiger partial charge is 0.508 e. The molecule has 1 amide bonds. The van der Waals surface area contributed by atoms with Gasteiger partial charge in [0.2, 0.25) is 5.91 Å². The van der Waals surface area contributed by atoms with Crippen LogP contribution in [0.15, 0.2) is 24.3 Å². The van der Waals surface area contributed by atoms with Gasteiger partial charge in [-0.2, -0.15) is 0 Å². The lowest BCUT2D eigenvalue weighted by Gasteiger charge is -2.25. The van der Waals surface area contributed by atoms with Gasteiger partial charge in [0.05, 0.1) is 0 Å². The Kier molecular flexibility index (Phi) is 4.20. The molecule has 0 aromatic heterocycles. The van der Waals surface area contributed by atoms with Crippen LogP contribution in [0.2, 0.25) is 0 Å². The van der Waals surface area contributed by atoms with Crippen molar-refractivity contribution < 1.29 is 9.90 Å².